The summed E-state index contributed by atoms with van der Waals surface area (Å²) in [5, 5.41) is 5.88. The predicted octanol–water partition coefficient (Wildman–Crippen LogP) is 2.70. The number of nitrogens with one attached hydrogen (secondary N) is 2. The Balaban J connectivity index is 1.70. The van der Waals surface area contributed by atoms with Gasteiger partial charge in [0.2, 0.25) is 11.8 Å². The van der Waals surface area contributed by atoms with Crippen molar-refractivity contribution < 1.29 is 18.4 Å². The molecule has 2 aromatic rings. The molecule has 0 aliphatic heterocycles. The predicted molar refractivity (Wildman–Crippen MR) is 93.8 cm³/mol. The van der Waals surface area contributed by atoms with Crippen molar-refractivity contribution in [3.63, 3.8) is 0 Å². The Kier molecular flexibility index (Phi) is 7.32. The molecule has 2 N–H and O–H groups in total. The first-order chi connectivity index (χ1) is 12.0. The smallest absolute Gasteiger partial charge is 0.220 e. The maximum Gasteiger partial charge on any atom is 0.220 e. The van der Waals surface area contributed by atoms with Crippen molar-refractivity contribution in [2.45, 2.75) is 45.6 Å². The summed E-state index contributed by atoms with van der Waals surface area (Å²) >= 11 is 0. The molecule has 0 bridgehead atoms. The molecule has 1 atom stereocenters. The monoisotopic (exact) mass is 346 g/mol. The molecule has 2 amide bonds. The highest BCUT2D eigenvalue weighted by Crippen LogP contribution is 2.06. The van der Waals surface area contributed by atoms with E-state index in [0.717, 1.165) is 11.5 Å². The average Bonchev–Trinajstić information content (AvgIpc) is 3.28. The molecule has 2 heterocycles. The van der Waals surface area contributed by atoms with Gasteiger partial charge in [-0.25, -0.2) is 0 Å². The van der Waals surface area contributed by atoms with E-state index in [-0.39, 0.29) is 23.8 Å². The zero-order valence-corrected chi connectivity index (χ0v) is 14.8. The fourth-order valence-corrected chi connectivity index (χ4v) is 2.43. The third-order valence-corrected chi connectivity index (χ3v) is 4.03. The van der Waals surface area contributed by atoms with Crippen LogP contribution in [0, 0.1) is 5.92 Å². The van der Waals surface area contributed by atoms with Gasteiger partial charge in [0.1, 0.15) is 11.5 Å². The molecular weight excluding hydrogens is 320 g/mol. The fourth-order valence-electron chi connectivity index (χ4n) is 2.43. The van der Waals surface area contributed by atoms with E-state index < -0.39 is 0 Å². The summed E-state index contributed by atoms with van der Waals surface area (Å²) in [4.78, 5) is 24.1. The van der Waals surface area contributed by atoms with Crippen LogP contribution < -0.4 is 10.6 Å². The Bertz CT molecular complexity index is 632. The lowest BCUT2D eigenvalue weighted by Crippen LogP contribution is -2.46. The van der Waals surface area contributed by atoms with Crippen LogP contribution in [0.25, 0.3) is 0 Å². The van der Waals surface area contributed by atoms with Gasteiger partial charge in [-0.3, -0.25) is 9.59 Å². The van der Waals surface area contributed by atoms with Crippen LogP contribution in [0.3, 0.4) is 0 Å². The molecule has 136 valence electrons. The van der Waals surface area contributed by atoms with E-state index in [1.54, 1.807) is 18.6 Å². The van der Waals surface area contributed by atoms with Gasteiger partial charge in [0, 0.05) is 38.3 Å². The molecule has 0 saturated heterocycles. The summed E-state index contributed by atoms with van der Waals surface area (Å²) in [6, 6.07) is 7.22. The first-order valence-corrected chi connectivity index (χ1v) is 8.65. The van der Waals surface area contributed by atoms with Gasteiger partial charge in [-0.1, -0.05) is 13.8 Å². The van der Waals surface area contributed by atoms with Crippen molar-refractivity contribution in [1.82, 2.24) is 10.6 Å². The van der Waals surface area contributed by atoms with Crippen LogP contribution in [0.15, 0.2) is 45.6 Å². The van der Waals surface area contributed by atoms with Gasteiger partial charge in [-0.05, 0) is 30.2 Å². The summed E-state index contributed by atoms with van der Waals surface area (Å²) in [5.74, 6) is 1.72. The summed E-state index contributed by atoms with van der Waals surface area (Å²) in [6.45, 7) is 4.46. The lowest BCUT2D eigenvalue weighted by molar-refractivity contribution is -0.124. The largest absolute Gasteiger partial charge is 0.469 e. The fraction of sp³-hybridized carbons (Fsp3) is 0.474. The summed E-state index contributed by atoms with van der Waals surface area (Å²) in [6.07, 6.45) is 5.07. The average molecular weight is 346 g/mol. The Morgan fingerprint density at radius 1 is 0.960 bits per heavy atom. The molecule has 25 heavy (non-hydrogen) atoms. The van der Waals surface area contributed by atoms with Crippen molar-refractivity contribution in [1.29, 1.82) is 0 Å². The molecule has 0 radical (unpaired) electrons. The number of rotatable bonds is 10. The second-order valence-corrected chi connectivity index (χ2v) is 6.38. The molecule has 0 saturated carbocycles. The van der Waals surface area contributed by atoms with E-state index >= 15 is 0 Å². The number of carbonyl (C=O) groups excluding carboxylic acids is 2. The molecule has 0 fully saturated rings. The van der Waals surface area contributed by atoms with Gasteiger partial charge in [-0.15, -0.1) is 0 Å². The number of furan rings is 2. The van der Waals surface area contributed by atoms with Gasteiger partial charge in [-0.2, -0.15) is 0 Å². The zero-order chi connectivity index (χ0) is 18.1. The number of aryl methyl sites for hydroxylation is 2. The Morgan fingerprint density at radius 2 is 1.52 bits per heavy atom. The van der Waals surface area contributed by atoms with Crippen molar-refractivity contribution in [3.05, 3.63) is 48.3 Å². The van der Waals surface area contributed by atoms with Crippen LogP contribution in [0.5, 0.6) is 0 Å². The Labute approximate surface area is 148 Å². The van der Waals surface area contributed by atoms with E-state index in [2.05, 4.69) is 10.6 Å². The minimum Gasteiger partial charge on any atom is -0.469 e. The van der Waals surface area contributed by atoms with Crippen LogP contribution in [-0.2, 0) is 22.4 Å². The normalized spacial score (nSPS) is 12.1. The van der Waals surface area contributed by atoms with Gasteiger partial charge in [0.15, 0.2) is 0 Å². The lowest BCUT2D eigenvalue weighted by Gasteiger charge is -2.23. The molecular formula is C19H26N2O4. The molecule has 0 aliphatic carbocycles. The zero-order valence-electron chi connectivity index (χ0n) is 14.8. The van der Waals surface area contributed by atoms with Crippen molar-refractivity contribution in [3.8, 4) is 0 Å². The Morgan fingerprint density at radius 3 is 2.00 bits per heavy atom. The van der Waals surface area contributed by atoms with Crippen LogP contribution in [0.4, 0.5) is 0 Å². The molecule has 6 nitrogen and oxygen atoms in total. The number of amides is 2. The molecule has 0 aromatic carbocycles. The standard InChI is InChI=1S/C19H26N2O4/c1-14(2)17(21-19(23)10-8-16-6-4-12-25-16)13-20-18(22)9-7-15-5-3-11-24-15/h3-6,11-12,14,17H,7-10,13H2,1-2H3,(H,20,22)(H,21,23)/t17-/m1/s1. The first kappa shape index (κ1) is 18.8. The highest BCUT2D eigenvalue weighted by atomic mass is 16.3. The van der Waals surface area contributed by atoms with E-state index in [1.807, 2.05) is 32.0 Å². The number of hydrogen-bond acceptors (Lipinski definition) is 4. The molecule has 2 rings (SSSR count). The van der Waals surface area contributed by atoms with E-state index in [0.29, 0.717) is 32.2 Å². The summed E-state index contributed by atoms with van der Waals surface area (Å²) in [7, 11) is 0. The van der Waals surface area contributed by atoms with Gasteiger partial charge in [0.05, 0.1) is 12.5 Å². The minimum absolute atomic E-state index is 0.0417. The molecule has 2 aromatic heterocycles. The van der Waals surface area contributed by atoms with E-state index in [4.69, 9.17) is 8.83 Å². The van der Waals surface area contributed by atoms with Crippen molar-refractivity contribution in [2.75, 3.05) is 6.54 Å². The van der Waals surface area contributed by atoms with Gasteiger partial charge >= 0.3 is 0 Å². The number of carbonyl (C=O) groups is 2. The van der Waals surface area contributed by atoms with E-state index in [9.17, 15) is 9.59 Å². The summed E-state index contributed by atoms with van der Waals surface area (Å²) < 4.78 is 10.4. The quantitative estimate of drug-likeness (QED) is 0.693. The van der Waals surface area contributed by atoms with Crippen LogP contribution in [0.1, 0.15) is 38.2 Å². The van der Waals surface area contributed by atoms with Crippen LogP contribution in [0.2, 0.25) is 0 Å². The highest BCUT2D eigenvalue weighted by Gasteiger charge is 2.17. The van der Waals surface area contributed by atoms with E-state index in [1.165, 1.54) is 0 Å². The minimum atomic E-state index is -0.100. The van der Waals surface area contributed by atoms with Crippen LogP contribution in [-0.4, -0.2) is 24.4 Å². The highest BCUT2D eigenvalue weighted by molar-refractivity contribution is 5.77. The molecule has 0 unspecified atom stereocenters. The van der Waals surface area contributed by atoms with Crippen LogP contribution >= 0.6 is 0 Å². The molecule has 6 heteroatoms. The maximum atomic E-state index is 12.1. The third-order valence-electron chi connectivity index (χ3n) is 4.03. The topological polar surface area (TPSA) is 84.5 Å². The SMILES string of the molecule is CC(C)[C@@H](CNC(=O)CCc1ccco1)NC(=O)CCc1ccco1. The van der Waals surface area contributed by atoms with Gasteiger partial charge < -0.3 is 19.5 Å². The maximum absolute atomic E-state index is 12.1. The molecule has 0 aliphatic rings. The molecule has 0 spiro atoms. The number of hydrogen-bond donors (Lipinski definition) is 2. The summed E-state index contributed by atoms with van der Waals surface area (Å²) in [5.41, 5.74) is 0. The first-order valence-electron chi connectivity index (χ1n) is 8.65. The third kappa shape index (κ3) is 6.87. The second kappa shape index (κ2) is 9.71. The van der Waals surface area contributed by atoms with Gasteiger partial charge in [0.25, 0.3) is 0 Å². The Hall–Kier alpha value is -2.50. The second-order valence-electron chi connectivity index (χ2n) is 6.38. The van der Waals surface area contributed by atoms with Crippen molar-refractivity contribution in [2.24, 2.45) is 5.92 Å². The van der Waals surface area contributed by atoms with Crippen molar-refractivity contribution >= 4 is 11.8 Å². The lowest BCUT2D eigenvalue weighted by atomic mass is 10.0.